The highest BCUT2D eigenvalue weighted by Crippen LogP contribution is 2.35. The SMILES string of the molecule is CN(CCCC(=O)NO)CCCn1nc(-c2ccc(NC(=O)Nc3cc(F)ccc3F)cc2)c2c(N)ncnc21.Cc1ccc(F)c(NC(=O)Nc2ccc(-c3nn(CCCCCCCC(=O)NO)c4ncnc(N)c34)cc2)c1.Cc1cccc(NC(=O)Nc2ccc(-c3nn(CCCCCCCC(=O)NO)c4ncnc(N)c34)cc2)c1. The largest absolute Gasteiger partial charge is 0.383 e. The van der Waals surface area contributed by atoms with Gasteiger partial charge in [0.1, 0.15) is 71.0 Å². The molecule has 6 aromatic heterocycles. The normalized spacial score (nSPS) is 11.0. The van der Waals surface area contributed by atoms with Gasteiger partial charge in [-0.1, -0.05) is 93.1 Å². The van der Waals surface area contributed by atoms with Crippen LogP contribution in [0, 0.1) is 31.3 Å². The average Bonchev–Trinajstić information content (AvgIpc) is 1.64. The van der Waals surface area contributed by atoms with Gasteiger partial charge in [0, 0.05) is 84.4 Å². The van der Waals surface area contributed by atoms with Crippen molar-refractivity contribution < 1.29 is 57.6 Å². The summed E-state index contributed by atoms with van der Waals surface area (Å²) in [5, 5.41) is 57.7. The number of halogens is 3. The monoisotopic (exact) mass is 1600 g/mol. The highest BCUT2D eigenvalue weighted by atomic mass is 19.1. The summed E-state index contributed by atoms with van der Waals surface area (Å²) in [6.45, 7) is 7.10. The number of aromatic nitrogens is 12. The molecule has 0 fully saturated rings. The van der Waals surface area contributed by atoms with Crippen molar-refractivity contribution in [1.29, 1.82) is 0 Å². The molecule has 37 heteroatoms. The zero-order chi connectivity index (χ0) is 83.3. The Morgan fingerprint density at radius 2 is 0.735 bits per heavy atom. The molecule has 6 aromatic carbocycles. The number of unbranched alkanes of at least 4 members (excludes halogenated alkanes) is 8. The quantitative estimate of drug-likeness (QED) is 0.0103. The number of urea groups is 3. The van der Waals surface area contributed by atoms with Crippen LogP contribution in [0.5, 0.6) is 0 Å². The highest BCUT2D eigenvalue weighted by Gasteiger charge is 2.22. The summed E-state index contributed by atoms with van der Waals surface area (Å²) >= 11 is 0. The molecule has 18 N–H and O–H groups in total. The number of rotatable bonds is 33. The first-order valence-corrected chi connectivity index (χ1v) is 37.8. The fourth-order valence-corrected chi connectivity index (χ4v) is 12.6. The highest BCUT2D eigenvalue weighted by molar-refractivity contribution is 6.04. The lowest BCUT2D eigenvalue weighted by Crippen LogP contribution is -2.24. The first-order chi connectivity index (χ1) is 56.5. The summed E-state index contributed by atoms with van der Waals surface area (Å²) in [5.74, 6) is -2.11. The van der Waals surface area contributed by atoms with Gasteiger partial charge >= 0.3 is 18.1 Å². The lowest BCUT2D eigenvalue weighted by Gasteiger charge is -2.16. The van der Waals surface area contributed by atoms with Gasteiger partial charge in [-0.25, -0.2) is 87.9 Å². The van der Waals surface area contributed by atoms with E-state index in [1.165, 1.54) is 25.0 Å². The van der Waals surface area contributed by atoms with Crippen molar-refractivity contribution in [2.24, 2.45) is 0 Å². The third-order valence-corrected chi connectivity index (χ3v) is 18.5. The predicted octanol–water partition coefficient (Wildman–Crippen LogP) is 13.5. The second-order valence-electron chi connectivity index (χ2n) is 27.4. The number of fused-ring (bicyclic) bond motifs is 3. The number of anilines is 9. The minimum Gasteiger partial charge on any atom is -0.383 e. The van der Waals surface area contributed by atoms with Crippen LogP contribution >= 0.6 is 0 Å². The van der Waals surface area contributed by atoms with E-state index >= 15 is 0 Å². The number of carbonyl (C=O) groups excluding carboxylic acids is 6. The van der Waals surface area contributed by atoms with Gasteiger partial charge in [0.15, 0.2) is 16.9 Å². The summed E-state index contributed by atoms with van der Waals surface area (Å²) in [6.07, 6.45) is 15.4. The van der Waals surface area contributed by atoms with Crippen LogP contribution in [-0.4, -0.2) is 136 Å². The summed E-state index contributed by atoms with van der Waals surface area (Å²) in [6, 6.07) is 34.5. The molecule has 612 valence electrons. The smallest absolute Gasteiger partial charge is 0.323 e. The van der Waals surface area contributed by atoms with Crippen LogP contribution in [0.3, 0.4) is 0 Å². The number of nitrogens with zero attached hydrogens (tertiary/aromatic N) is 13. The molecule has 0 spiro atoms. The standard InChI is InChI=1S/C27H31FN8O3.C27H32N8O3.C26H29F2N9O3/c1-17-8-13-20(28)21(15-17)33-27(38)32-19-11-9-18(10-12-19)24-23-25(29)30-16-31-26(23)36(34-24)14-6-4-2-3-5-7-22(37)35-39;1-18-8-7-9-21(16-18)32-27(37)31-20-13-11-19(12-14-20)24-23-25(28)29-17-30-26(23)35(33-24)15-6-4-2-3-5-10-22(36)34-38;1-36(11-2-4-21(38)35-40)12-3-13-37-25-22(24(29)30-15-31-25)23(34-37)16-5-8-18(9-6-16)32-26(39)33-20-14-17(27)7-10-19(20)28/h8-13,15-16,39H,2-7,14H2,1H3,(H,35,37)(H2,29,30,31)(H2,32,33,38);7-9,11-14,16-17,38H,2-6,10,15H2,1H3,(H,34,36)(H2,28,29,30)(H2,31,32,37);5-10,14-15,40H,2-4,11-13H2,1H3,(H,35,38)(H2,29,30,31)(H2,32,33,39). The Morgan fingerprint density at radius 1 is 0.385 bits per heavy atom. The lowest BCUT2D eigenvalue weighted by molar-refractivity contribution is -0.130. The zero-order valence-electron chi connectivity index (χ0n) is 64.5. The van der Waals surface area contributed by atoms with Gasteiger partial charge in [0.25, 0.3) is 0 Å². The number of hydrogen-bond donors (Lipinski definition) is 15. The fraction of sp³-hybridized carbons (Fsp3) is 0.287. The van der Waals surface area contributed by atoms with Gasteiger partial charge in [0.2, 0.25) is 17.7 Å². The predicted molar refractivity (Wildman–Crippen MR) is 439 cm³/mol. The molecule has 6 heterocycles. The minimum atomic E-state index is -0.757. The number of carbonyl (C=O) groups is 6. The molecular formula is C80H92F3N25O9. The van der Waals surface area contributed by atoms with Gasteiger partial charge < -0.3 is 54.0 Å². The van der Waals surface area contributed by atoms with Crippen molar-refractivity contribution in [2.75, 3.05) is 69.2 Å². The maximum Gasteiger partial charge on any atom is 0.323 e. The van der Waals surface area contributed by atoms with E-state index < -0.39 is 35.4 Å². The molecule has 117 heavy (non-hydrogen) atoms. The van der Waals surface area contributed by atoms with Crippen molar-refractivity contribution in [2.45, 2.75) is 130 Å². The molecule has 0 aliphatic rings. The Bertz CT molecular complexity index is 5400. The summed E-state index contributed by atoms with van der Waals surface area (Å²) in [7, 11) is 1.95. The zero-order valence-corrected chi connectivity index (χ0v) is 64.5. The molecule has 0 bridgehead atoms. The van der Waals surface area contributed by atoms with Crippen LogP contribution in [0.15, 0.2) is 152 Å². The Morgan fingerprint density at radius 3 is 1.15 bits per heavy atom. The number of benzene rings is 6. The van der Waals surface area contributed by atoms with Crippen molar-refractivity contribution in [1.82, 2.24) is 80.6 Å². The molecule has 12 rings (SSSR count). The van der Waals surface area contributed by atoms with Gasteiger partial charge in [0.05, 0.1) is 27.5 Å². The first-order valence-electron chi connectivity index (χ1n) is 37.8. The Hall–Kier alpha value is -13.8. The van der Waals surface area contributed by atoms with Gasteiger partial charge in [-0.3, -0.25) is 30.0 Å². The number of amides is 9. The van der Waals surface area contributed by atoms with E-state index in [1.807, 2.05) is 90.9 Å². The lowest BCUT2D eigenvalue weighted by atomic mass is 10.1. The number of aryl methyl sites for hydroxylation is 5. The van der Waals surface area contributed by atoms with Crippen molar-refractivity contribution in [3.05, 3.63) is 181 Å². The maximum absolute atomic E-state index is 14.0. The Kier molecular flexibility index (Phi) is 31.0. The van der Waals surface area contributed by atoms with Crippen molar-refractivity contribution in [3.63, 3.8) is 0 Å². The average molecular weight is 1600 g/mol. The molecule has 9 amide bonds. The minimum absolute atomic E-state index is 0.103. The van der Waals surface area contributed by atoms with E-state index in [4.69, 9.17) is 48.1 Å². The summed E-state index contributed by atoms with van der Waals surface area (Å²) < 4.78 is 46.6. The van der Waals surface area contributed by atoms with E-state index in [0.29, 0.717) is 130 Å². The molecule has 0 saturated carbocycles. The molecular weight excluding hydrogens is 1510 g/mol. The number of hydroxylamine groups is 3. The Labute approximate surface area is 669 Å². The number of nitrogens with two attached hydrogens (primary N) is 3. The van der Waals surface area contributed by atoms with Crippen LogP contribution in [0.1, 0.15) is 107 Å². The van der Waals surface area contributed by atoms with Gasteiger partial charge in [-0.15, -0.1) is 0 Å². The first kappa shape index (κ1) is 85.6. The number of nitrogens with one attached hydrogen (secondary N) is 9. The maximum atomic E-state index is 14.0. The second-order valence-corrected chi connectivity index (χ2v) is 27.4. The Balaban J connectivity index is 0.000000185. The van der Waals surface area contributed by atoms with Crippen molar-refractivity contribution in [3.8, 4) is 33.8 Å². The van der Waals surface area contributed by atoms with Crippen LogP contribution in [0.2, 0.25) is 0 Å². The third kappa shape index (κ3) is 24.6. The molecule has 0 radical (unpaired) electrons. The van der Waals surface area contributed by atoms with Crippen LogP contribution < -0.4 is 65.5 Å². The van der Waals surface area contributed by atoms with Crippen LogP contribution in [-0.2, 0) is 34.0 Å². The van der Waals surface area contributed by atoms with Crippen LogP contribution in [0.4, 0.5) is 79.1 Å². The second kappa shape index (κ2) is 42.4. The molecule has 0 atom stereocenters. The van der Waals surface area contributed by atoms with Gasteiger partial charge in [-0.2, -0.15) is 15.3 Å². The van der Waals surface area contributed by atoms with E-state index in [2.05, 4.69) is 66.7 Å². The molecule has 0 aliphatic heterocycles. The molecule has 0 unspecified atom stereocenters. The third-order valence-electron chi connectivity index (χ3n) is 18.5. The fourth-order valence-electron chi connectivity index (χ4n) is 12.6. The number of nitrogen functional groups attached to an aromatic ring is 3. The van der Waals surface area contributed by atoms with Crippen molar-refractivity contribution >= 4 is 120 Å². The molecule has 34 nitrogen and oxygen atoms in total. The molecule has 0 saturated heterocycles. The topological polar surface area (TPSA) is 483 Å². The number of hydrogen-bond acceptors (Lipinski definition) is 22. The molecule has 0 aliphatic carbocycles. The van der Waals surface area contributed by atoms with E-state index in [1.54, 1.807) is 69.7 Å². The van der Waals surface area contributed by atoms with E-state index in [0.717, 1.165) is 123 Å². The van der Waals surface area contributed by atoms with E-state index in [9.17, 15) is 41.9 Å². The summed E-state index contributed by atoms with van der Waals surface area (Å²) in [5.41, 5.74) is 33.7. The van der Waals surface area contributed by atoms with Crippen LogP contribution in [0.25, 0.3) is 66.9 Å². The molecule has 12 aromatic rings. The van der Waals surface area contributed by atoms with E-state index in [-0.39, 0.29) is 41.5 Å². The van der Waals surface area contributed by atoms with Gasteiger partial charge in [-0.05, 0) is 156 Å². The summed E-state index contributed by atoms with van der Waals surface area (Å²) in [4.78, 5) is 98.1.